The van der Waals surface area contributed by atoms with Crippen LogP contribution in [0.25, 0.3) is 11.0 Å². The van der Waals surface area contributed by atoms with E-state index in [0.29, 0.717) is 0 Å². The number of ether oxygens (including phenoxy) is 1. The first-order valence-electron chi connectivity index (χ1n) is 7.54. The molecule has 2 atom stereocenters. The second kappa shape index (κ2) is 6.91. The summed E-state index contributed by atoms with van der Waals surface area (Å²) in [6.45, 7) is 10.0. The number of fused-ring (bicyclic) bond motifs is 1. The van der Waals surface area contributed by atoms with E-state index in [1.807, 2.05) is 13.0 Å². The van der Waals surface area contributed by atoms with Crippen LogP contribution >= 0.6 is 0 Å². The van der Waals surface area contributed by atoms with E-state index in [-0.39, 0.29) is 12.1 Å². The van der Waals surface area contributed by atoms with E-state index in [1.54, 1.807) is 0 Å². The average Bonchev–Trinajstić information content (AvgIpc) is 2.85. The number of hydrogen-bond acceptors (Lipinski definition) is 3. The molecule has 0 aliphatic rings. The Morgan fingerprint density at radius 3 is 2.65 bits per heavy atom. The number of likely N-dealkylation sites (N-methyl/N-ethyl adjacent to an activating group) is 1. The van der Waals surface area contributed by atoms with Crippen LogP contribution in [0.5, 0.6) is 0 Å². The third kappa shape index (κ3) is 3.22. The molecule has 110 valence electrons. The molecule has 0 fully saturated rings. The molecule has 20 heavy (non-hydrogen) atoms. The monoisotopic (exact) mass is 275 g/mol. The normalized spacial score (nSPS) is 14.6. The fraction of sp³-hybridized carbons (Fsp3) is 0.529. The van der Waals surface area contributed by atoms with Crippen LogP contribution in [0.4, 0.5) is 0 Å². The van der Waals surface area contributed by atoms with Crippen molar-refractivity contribution in [2.75, 3.05) is 13.2 Å². The summed E-state index contributed by atoms with van der Waals surface area (Å²) in [7, 11) is 0. The molecule has 0 bridgehead atoms. The van der Waals surface area contributed by atoms with Gasteiger partial charge in [-0.2, -0.15) is 0 Å². The topological polar surface area (TPSA) is 34.4 Å². The lowest BCUT2D eigenvalue weighted by Gasteiger charge is -2.25. The predicted octanol–water partition coefficient (Wildman–Crippen LogP) is 4.21. The molecule has 2 aromatic rings. The lowest BCUT2D eigenvalue weighted by Crippen LogP contribution is -2.33. The maximum atomic E-state index is 6.02. The van der Waals surface area contributed by atoms with Crippen molar-refractivity contribution in [2.24, 2.45) is 0 Å². The molecule has 2 rings (SSSR count). The molecule has 0 saturated heterocycles. The van der Waals surface area contributed by atoms with Gasteiger partial charge in [0, 0.05) is 12.0 Å². The zero-order valence-electron chi connectivity index (χ0n) is 12.9. The summed E-state index contributed by atoms with van der Waals surface area (Å²) >= 11 is 0. The van der Waals surface area contributed by atoms with Gasteiger partial charge in [-0.3, -0.25) is 0 Å². The van der Waals surface area contributed by atoms with Crippen molar-refractivity contribution in [2.45, 2.75) is 46.3 Å². The quantitative estimate of drug-likeness (QED) is 0.822. The molecular formula is C17H25NO2. The van der Waals surface area contributed by atoms with Gasteiger partial charge in [0.25, 0.3) is 0 Å². The van der Waals surface area contributed by atoms with E-state index in [2.05, 4.69) is 44.3 Å². The molecule has 1 aromatic heterocycles. The van der Waals surface area contributed by atoms with Crippen LogP contribution in [0.15, 0.2) is 28.7 Å². The highest BCUT2D eigenvalue weighted by atomic mass is 16.5. The number of nitrogens with one attached hydrogen (secondary N) is 1. The van der Waals surface area contributed by atoms with Gasteiger partial charge in [-0.25, -0.2) is 0 Å². The Morgan fingerprint density at radius 1 is 1.20 bits per heavy atom. The second-order valence-corrected chi connectivity index (χ2v) is 5.13. The van der Waals surface area contributed by atoms with E-state index >= 15 is 0 Å². The van der Waals surface area contributed by atoms with Crippen LogP contribution in [0, 0.1) is 6.92 Å². The third-order valence-electron chi connectivity index (χ3n) is 3.58. The van der Waals surface area contributed by atoms with Crippen molar-refractivity contribution >= 4 is 11.0 Å². The van der Waals surface area contributed by atoms with Gasteiger partial charge in [0.05, 0.1) is 12.1 Å². The van der Waals surface area contributed by atoms with Gasteiger partial charge >= 0.3 is 0 Å². The number of furan rings is 1. The van der Waals surface area contributed by atoms with E-state index in [9.17, 15) is 0 Å². The van der Waals surface area contributed by atoms with E-state index in [1.165, 1.54) is 5.56 Å². The highest BCUT2D eigenvalue weighted by Crippen LogP contribution is 2.28. The summed E-state index contributed by atoms with van der Waals surface area (Å²) in [4.78, 5) is 0. The highest BCUT2D eigenvalue weighted by molar-refractivity contribution is 5.78. The molecule has 0 radical (unpaired) electrons. The number of rotatable bonds is 7. The van der Waals surface area contributed by atoms with Gasteiger partial charge in [-0.15, -0.1) is 0 Å². The number of hydrogen-bond donors (Lipinski definition) is 1. The Labute approximate surface area is 121 Å². The molecule has 0 amide bonds. The summed E-state index contributed by atoms with van der Waals surface area (Å²) in [5, 5.41) is 4.65. The third-order valence-corrected chi connectivity index (χ3v) is 3.58. The fourth-order valence-corrected chi connectivity index (χ4v) is 2.64. The lowest BCUT2D eigenvalue weighted by molar-refractivity contribution is 0.0267. The molecule has 0 aliphatic heterocycles. The lowest BCUT2D eigenvalue weighted by atomic mass is 10.1. The first-order chi connectivity index (χ1) is 9.69. The minimum absolute atomic E-state index is 0.109. The Balaban J connectivity index is 2.34. The largest absolute Gasteiger partial charge is 0.459 e. The van der Waals surface area contributed by atoms with E-state index in [4.69, 9.17) is 9.15 Å². The van der Waals surface area contributed by atoms with Gasteiger partial charge in [0.1, 0.15) is 11.3 Å². The van der Waals surface area contributed by atoms with Crippen molar-refractivity contribution < 1.29 is 9.15 Å². The molecule has 0 saturated carbocycles. The fourth-order valence-electron chi connectivity index (χ4n) is 2.64. The molecule has 1 N–H and O–H groups in total. The molecular weight excluding hydrogens is 250 g/mol. The molecule has 1 aromatic carbocycles. The summed E-state index contributed by atoms with van der Waals surface area (Å²) in [6.07, 6.45) is 1.10. The zero-order chi connectivity index (χ0) is 14.5. The van der Waals surface area contributed by atoms with Gasteiger partial charge in [-0.05, 0) is 45.0 Å². The van der Waals surface area contributed by atoms with E-state index < -0.39 is 0 Å². The Hall–Kier alpha value is -1.32. The predicted molar refractivity (Wildman–Crippen MR) is 83.1 cm³/mol. The van der Waals surface area contributed by atoms with Crippen molar-refractivity contribution in [3.63, 3.8) is 0 Å². The Kier molecular flexibility index (Phi) is 5.21. The van der Waals surface area contributed by atoms with E-state index in [0.717, 1.165) is 36.3 Å². The molecule has 2 unspecified atom stereocenters. The number of aryl methyl sites for hydroxylation is 1. The summed E-state index contributed by atoms with van der Waals surface area (Å²) in [6, 6.07) is 8.53. The Morgan fingerprint density at radius 2 is 2.00 bits per heavy atom. The van der Waals surface area contributed by atoms with Crippen molar-refractivity contribution in [3.05, 3.63) is 35.6 Å². The van der Waals surface area contributed by atoms with Gasteiger partial charge in [0.2, 0.25) is 0 Å². The molecule has 0 spiro atoms. The van der Waals surface area contributed by atoms with Crippen LogP contribution in [-0.2, 0) is 4.74 Å². The molecule has 3 heteroatoms. The molecule has 0 aliphatic carbocycles. The number of benzene rings is 1. The first-order valence-corrected chi connectivity index (χ1v) is 7.54. The van der Waals surface area contributed by atoms with Crippen LogP contribution < -0.4 is 5.32 Å². The summed E-state index contributed by atoms with van der Waals surface area (Å²) in [5.74, 6) is 0.966. The molecule has 3 nitrogen and oxygen atoms in total. The zero-order valence-corrected chi connectivity index (χ0v) is 12.9. The van der Waals surface area contributed by atoms with Gasteiger partial charge < -0.3 is 14.5 Å². The Bertz CT molecular complexity index is 547. The summed E-state index contributed by atoms with van der Waals surface area (Å²) in [5.41, 5.74) is 2.20. The maximum Gasteiger partial charge on any atom is 0.134 e. The van der Waals surface area contributed by atoms with Crippen molar-refractivity contribution in [1.82, 2.24) is 5.32 Å². The first kappa shape index (κ1) is 15.1. The van der Waals surface area contributed by atoms with Crippen LogP contribution in [0.2, 0.25) is 0 Å². The SMILES string of the molecule is CCNC(c1cc2cc(C)ccc2o1)C(CC)OCC. The minimum atomic E-state index is 0.109. The van der Waals surface area contributed by atoms with Gasteiger partial charge in [0.15, 0.2) is 0 Å². The minimum Gasteiger partial charge on any atom is -0.459 e. The second-order valence-electron chi connectivity index (χ2n) is 5.13. The van der Waals surface area contributed by atoms with Crippen LogP contribution in [0.3, 0.4) is 0 Å². The van der Waals surface area contributed by atoms with Crippen molar-refractivity contribution in [3.8, 4) is 0 Å². The van der Waals surface area contributed by atoms with Crippen molar-refractivity contribution in [1.29, 1.82) is 0 Å². The van der Waals surface area contributed by atoms with Gasteiger partial charge in [-0.1, -0.05) is 25.5 Å². The summed E-state index contributed by atoms with van der Waals surface area (Å²) < 4.78 is 11.9. The smallest absolute Gasteiger partial charge is 0.134 e. The average molecular weight is 275 g/mol. The van der Waals surface area contributed by atoms with Crippen LogP contribution in [0.1, 0.15) is 44.6 Å². The highest BCUT2D eigenvalue weighted by Gasteiger charge is 2.24. The molecule has 1 heterocycles. The standard InChI is InChI=1S/C17H25NO2/c1-5-14(19-7-3)17(18-6-2)16-11-13-10-12(4)8-9-15(13)20-16/h8-11,14,17-18H,5-7H2,1-4H3. The van der Waals surface area contributed by atoms with Crippen LogP contribution in [-0.4, -0.2) is 19.3 Å². The maximum absolute atomic E-state index is 6.02.